The fourth-order valence-corrected chi connectivity index (χ4v) is 0.935. The molecule has 0 aliphatic rings. The Bertz CT molecular complexity index is 274. The number of amides is 1. The van der Waals surface area contributed by atoms with Crippen molar-refractivity contribution in [3.63, 3.8) is 0 Å². The monoisotopic (exact) mass is 181 g/mol. The van der Waals surface area contributed by atoms with E-state index in [-0.39, 0.29) is 5.91 Å². The maximum absolute atomic E-state index is 12.0. The Hall–Kier alpha value is -1.38. The summed E-state index contributed by atoms with van der Waals surface area (Å²) in [6.45, 7) is 1.08. The van der Waals surface area contributed by atoms with Crippen molar-refractivity contribution in [2.45, 2.75) is 13.0 Å². The van der Waals surface area contributed by atoms with E-state index >= 15 is 0 Å². The molecule has 1 amide bonds. The van der Waals surface area contributed by atoms with Crippen LogP contribution >= 0.6 is 0 Å². The van der Waals surface area contributed by atoms with Gasteiger partial charge in [0.05, 0.1) is 6.04 Å². The van der Waals surface area contributed by atoms with Gasteiger partial charge in [0.1, 0.15) is 6.67 Å². The highest BCUT2D eigenvalue weighted by Crippen LogP contribution is 1.98. The first-order valence-corrected chi connectivity index (χ1v) is 4.16. The molecule has 70 valence electrons. The van der Waals surface area contributed by atoms with Gasteiger partial charge in [0.2, 0.25) is 0 Å². The van der Waals surface area contributed by atoms with Gasteiger partial charge in [-0.25, -0.2) is 4.39 Å². The lowest BCUT2D eigenvalue weighted by Crippen LogP contribution is -2.33. The minimum Gasteiger partial charge on any atom is -0.347 e. The number of carbonyl (C=O) groups is 1. The average molecular weight is 181 g/mol. The van der Waals surface area contributed by atoms with E-state index in [1.807, 2.05) is 6.07 Å². The van der Waals surface area contributed by atoms with Gasteiger partial charge in [-0.2, -0.15) is 0 Å². The van der Waals surface area contributed by atoms with E-state index in [9.17, 15) is 9.18 Å². The van der Waals surface area contributed by atoms with Gasteiger partial charge in [-0.05, 0) is 19.1 Å². The Morgan fingerprint density at radius 1 is 1.46 bits per heavy atom. The summed E-state index contributed by atoms with van der Waals surface area (Å²) in [5.41, 5.74) is 0.558. The van der Waals surface area contributed by atoms with Crippen LogP contribution in [0.15, 0.2) is 30.3 Å². The number of rotatable bonds is 3. The van der Waals surface area contributed by atoms with E-state index in [0.717, 1.165) is 0 Å². The number of hydrogen-bond donors (Lipinski definition) is 1. The number of nitrogens with one attached hydrogen (secondary N) is 1. The molecule has 13 heavy (non-hydrogen) atoms. The molecule has 1 aromatic rings. The molecule has 0 aromatic heterocycles. The molecule has 0 radical (unpaired) electrons. The summed E-state index contributed by atoms with van der Waals surface area (Å²) < 4.78 is 12.0. The summed E-state index contributed by atoms with van der Waals surface area (Å²) in [7, 11) is 0. The second-order valence-electron chi connectivity index (χ2n) is 2.89. The molecule has 0 saturated heterocycles. The molecule has 1 N–H and O–H groups in total. The van der Waals surface area contributed by atoms with Gasteiger partial charge in [-0.15, -0.1) is 0 Å². The Morgan fingerprint density at radius 3 is 2.62 bits per heavy atom. The van der Waals surface area contributed by atoms with Gasteiger partial charge >= 0.3 is 0 Å². The lowest BCUT2D eigenvalue weighted by molar-refractivity contribution is 0.0934. The second kappa shape index (κ2) is 4.60. The molecule has 3 heteroatoms. The molecule has 0 spiro atoms. The van der Waals surface area contributed by atoms with Crippen molar-refractivity contribution in [2.75, 3.05) is 6.67 Å². The van der Waals surface area contributed by atoms with E-state index in [4.69, 9.17) is 0 Å². The van der Waals surface area contributed by atoms with E-state index in [1.165, 1.54) is 0 Å². The number of carbonyl (C=O) groups excluding carboxylic acids is 1. The molecule has 0 heterocycles. The minimum absolute atomic E-state index is 0.231. The van der Waals surface area contributed by atoms with Crippen LogP contribution < -0.4 is 5.32 Å². The van der Waals surface area contributed by atoms with Crippen molar-refractivity contribution in [2.24, 2.45) is 0 Å². The third-order valence-corrected chi connectivity index (χ3v) is 1.64. The predicted molar refractivity (Wildman–Crippen MR) is 49.3 cm³/mol. The minimum atomic E-state index is -0.543. The van der Waals surface area contributed by atoms with Crippen molar-refractivity contribution in [1.29, 1.82) is 0 Å². The standard InChI is InChI=1S/C10H12FNO/c1-8(7-11)12-10(13)9-5-3-2-4-6-9/h2-6,8H,7H2,1H3,(H,12,13)/t8-/m0/s1. The topological polar surface area (TPSA) is 29.1 Å². The SMILES string of the molecule is C[C@@H](CF)NC(=O)c1ccccc1. The Kier molecular flexibility index (Phi) is 3.43. The Balaban J connectivity index is 2.59. The number of hydrogen-bond acceptors (Lipinski definition) is 1. The molecule has 1 atom stereocenters. The Labute approximate surface area is 76.8 Å². The fourth-order valence-electron chi connectivity index (χ4n) is 0.935. The van der Waals surface area contributed by atoms with E-state index in [0.29, 0.717) is 5.56 Å². The zero-order chi connectivity index (χ0) is 9.68. The van der Waals surface area contributed by atoms with Gasteiger partial charge in [0, 0.05) is 5.56 Å². The summed E-state index contributed by atoms with van der Waals surface area (Å²) in [4.78, 5) is 11.3. The highest BCUT2D eigenvalue weighted by molar-refractivity contribution is 5.94. The predicted octanol–water partition coefficient (Wildman–Crippen LogP) is 1.77. The molecule has 1 rings (SSSR count). The summed E-state index contributed by atoms with van der Waals surface area (Å²) in [5, 5.41) is 2.53. The zero-order valence-corrected chi connectivity index (χ0v) is 7.46. The number of halogens is 1. The van der Waals surface area contributed by atoms with E-state index in [2.05, 4.69) is 5.32 Å². The van der Waals surface area contributed by atoms with Crippen LogP contribution in [0, 0.1) is 0 Å². The van der Waals surface area contributed by atoms with Crippen LogP contribution in [0.3, 0.4) is 0 Å². The zero-order valence-electron chi connectivity index (χ0n) is 7.46. The molecule has 1 aromatic carbocycles. The molecule has 0 unspecified atom stereocenters. The number of alkyl halides is 1. The smallest absolute Gasteiger partial charge is 0.251 e. The maximum Gasteiger partial charge on any atom is 0.251 e. The van der Waals surface area contributed by atoms with Crippen LogP contribution in [0.1, 0.15) is 17.3 Å². The van der Waals surface area contributed by atoms with Crippen LogP contribution in [0.2, 0.25) is 0 Å². The lowest BCUT2D eigenvalue weighted by Gasteiger charge is -2.09. The van der Waals surface area contributed by atoms with Crippen molar-refractivity contribution < 1.29 is 9.18 Å². The first kappa shape index (κ1) is 9.71. The normalized spacial score (nSPS) is 12.2. The van der Waals surface area contributed by atoms with E-state index < -0.39 is 12.7 Å². The molecule has 0 fully saturated rings. The summed E-state index contributed by atoms with van der Waals surface area (Å²) in [5.74, 6) is -0.231. The quantitative estimate of drug-likeness (QED) is 0.756. The summed E-state index contributed by atoms with van der Waals surface area (Å²) in [6.07, 6.45) is 0. The van der Waals surface area contributed by atoms with E-state index in [1.54, 1.807) is 31.2 Å². The molecule has 2 nitrogen and oxygen atoms in total. The van der Waals surface area contributed by atoms with Gasteiger partial charge in [0.15, 0.2) is 0 Å². The van der Waals surface area contributed by atoms with Gasteiger partial charge < -0.3 is 5.32 Å². The third-order valence-electron chi connectivity index (χ3n) is 1.64. The molecule has 0 aliphatic carbocycles. The lowest BCUT2D eigenvalue weighted by atomic mass is 10.2. The van der Waals surface area contributed by atoms with Crippen molar-refractivity contribution in [1.82, 2.24) is 5.32 Å². The number of benzene rings is 1. The Morgan fingerprint density at radius 2 is 2.08 bits per heavy atom. The van der Waals surface area contributed by atoms with Crippen LogP contribution in [-0.4, -0.2) is 18.6 Å². The fraction of sp³-hybridized carbons (Fsp3) is 0.300. The summed E-state index contributed by atoms with van der Waals surface area (Å²) >= 11 is 0. The van der Waals surface area contributed by atoms with Crippen LogP contribution in [0.5, 0.6) is 0 Å². The largest absolute Gasteiger partial charge is 0.347 e. The first-order chi connectivity index (χ1) is 6.24. The molecule has 0 bridgehead atoms. The van der Waals surface area contributed by atoms with Gasteiger partial charge in [-0.1, -0.05) is 18.2 Å². The first-order valence-electron chi connectivity index (χ1n) is 4.16. The highest BCUT2D eigenvalue weighted by atomic mass is 19.1. The molecule has 0 saturated carbocycles. The second-order valence-corrected chi connectivity index (χ2v) is 2.89. The third kappa shape index (κ3) is 2.86. The molecular formula is C10H12FNO. The maximum atomic E-state index is 12.0. The molecular weight excluding hydrogens is 169 g/mol. The van der Waals surface area contributed by atoms with Crippen molar-refractivity contribution in [3.05, 3.63) is 35.9 Å². The van der Waals surface area contributed by atoms with Crippen LogP contribution in [0.4, 0.5) is 4.39 Å². The van der Waals surface area contributed by atoms with Gasteiger partial charge in [-0.3, -0.25) is 4.79 Å². The average Bonchev–Trinajstić information content (AvgIpc) is 2.19. The van der Waals surface area contributed by atoms with Crippen molar-refractivity contribution >= 4 is 5.91 Å². The summed E-state index contributed by atoms with van der Waals surface area (Å²) in [6, 6.07) is 8.34. The molecule has 0 aliphatic heterocycles. The highest BCUT2D eigenvalue weighted by Gasteiger charge is 2.07. The van der Waals surface area contributed by atoms with Crippen LogP contribution in [-0.2, 0) is 0 Å². The van der Waals surface area contributed by atoms with Crippen LogP contribution in [0.25, 0.3) is 0 Å². The van der Waals surface area contributed by atoms with Crippen molar-refractivity contribution in [3.8, 4) is 0 Å². The van der Waals surface area contributed by atoms with Gasteiger partial charge in [0.25, 0.3) is 5.91 Å².